The lowest BCUT2D eigenvalue weighted by Gasteiger charge is -2.25. The first-order chi connectivity index (χ1) is 16.8. The first-order valence-electron chi connectivity index (χ1n) is 10.7. The number of thiazole rings is 1. The van der Waals surface area contributed by atoms with Gasteiger partial charge in [-0.05, 0) is 55.3 Å². The van der Waals surface area contributed by atoms with E-state index in [1.54, 1.807) is 56.3 Å². The minimum atomic E-state index is -0.770. The summed E-state index contributed by atoms with van der Waals surface area (Å²) in [6, 6.07) is 9.55. The van der Waals surface area contributed by atoms with E-state index in [1.807, 2.05) is 0 Å². The van der Waals surface area contributed by atoms with Crippen LogP contribution in [0.5, 0.6) is 11.5 Å². The number of rotatable bonds is 6. The van der Waals surface area contributed by atoms with Crippen LogP contribution in [0.4, 0.5) is 0 Å². The zero-order chi connectivity index (χ0) is 25.3. The molecular weight excluding hydrogens is 511 g/mol. The molecule has 0 aliphatic carbocycles. The Balaban J connectivity index is 1.98. The van der Waals surface area contributed by atoms with Gasteiger partial charge in [0.15, 0.2) is 16.3 Å². The molecule has 1 atom stereocenters. The Bertz CT molecular complexity index is 1520. The Hall–Kier alpha value is -3.07. The number of methoxy groups -OCH3 is 2. The summed E-state index contributed by atoms with van der Waals surface area (Å²) in [6.07, 6.45) is 1.69. The monoisotopic (exact) mass is 532 g/mol. The van der Waals surface area contributed by atoms with Crippen LogP contribution in [-0.4, -0.2) is 31.4 Å². The molecule has 2 heterocycles. The number of hydrogen-bond acceptors (Lipinski definition) is 7. The molecule has 0 fully saturated rings. The minimum absolute atomic E-state index is 0.188. The van der Waals surface area contributed by atoms with Crippen LogP contribution in [0.3, 0.4) is 0 Å². The molecule has 0 N–H and O–H groups in total. The highest BCUT2D eigenvalue weighted by Crippen LogP contribution is 2.36. The van der Waals surface area contributed by atoms with E-state index in [1.165, 1.54) is 30.1 Å². The molecule has 0 unspecified atom stereocenters. The lowest BCUT2D eigenvalue weighted by molar-refractivity contribution is -0.139. The Morgan fingerprint density at radius 2 is 1.89 bits per heavy atom. The second kappa shape index (κ2) is 10.3. The lowest BCUT2D eigenvalue weighted by Crippen LogP contribution is -2.40. The van der Waals surface area contributed by atoms with Crippen molar-refractivity contribution < 1.29 is 19.0 Å². The van der Waals surface area contributed by atoms with E-state index in [4.69, 9.17) is 37.4 Å². The number of nitrogens with zero attached hydrogens (tertiary/aromatic N) is 2. The number of carbonyl (C=O) groups excluding carboxylic acids is 1. The number of hydrogen-bond donors (Lipinski definition) is 0. The highest BCUT2D eigenvalue weighted by atomic mass is 35.5. The third-order valence-corrected chi connectivity index (χ3v) is 7.03. The largest absolute Gasteiger partial charge is 0.493 e. The van der Waals surface area contributed by atoms with Gasteiger partial charge in [0.25, 0.3) is 5.56 Å². The van der Waals surface area contributed by atoms with Gasteiger partial charge in [-0.3, -0.25) is 9.36 Å². The fraction of sp³-hybridized carbons (Fsp3) is 0.240. The predicted octanol–water partition coefficient (Wildman–Crippen LogP) is 4.12. The summed E-state index contributed by atoms with van der Waals surface area (Å²) in [5.74, 6) is 0.459. The van der Waals surface area contributed by atoms with Crippen molar-refractivity contribution in [3.05, 3.63) is 88.5 Å². The quantitative estimate of drug-likeness (QED) is 0.446. The van der Waals surface area contributed by atoms with Gasteiger partial charge in [-0.1, -0.05) is 46.7 Å². The molecule has 1 aliphatic heterocycles. The Morgan fingerprint density at radius 1 is 1.14 bits per heavy atom. The number of aromatic nitrogens is 1. The fourth-order valence-corrected chi connectivity index (χ4v) is 5.39. The predicted molar refractivity (Wildman–Crippen MR) is 136 cm³/mol. The number of esters is 1. The van der Waals surface area contributed by atoms with Gasteiger partial charge in [-0.2, -0.15) is 0 Å². The average Bonchev–Trinajstić information content (AvgIpc) is 3.14. The molecule has 0 amide bonds. The van der Waals surface area contributed by atoms with E-state index in [0.717, 1.165) is 0 Å². The van der Waals surface area contributed by atoms with Crippen molar-refractivity contribution in [1.82, 2.24) is 4.57 Å². The van der Waals surface area contributed by atoms with Crippen molar-refractivity contribution in [1.29, 1.82) is 0 Å². The topological polar surface area (TPSA) is 79.1 Å². The SMILES string of the molecule is CCOC(=O)C1=C(C)N=c2s/c(=C/c3ccc(Cl)cc3Cl)c(=O)n2[C@@H]1c1ccc(OC)c(OC)c1. The smallest absolute Gasteiger partial charge is 0.338 e. The number of ether oxygens (including phenoxy) is 3. The van der Waals surface area contributed by atoms with Gasteiger partial charge >= 0.3 is 5.97 Å². The average molecular weight is 533 g/mol. The molecule has 182 valence electrons. The minimum Gasteiger partial charge on any atom is -0.493 e. The molecule has 0 spiro atoms. The van der Waals surface area contributed by atoms with Crippen LogP contribution < -0.4 is 24.4 Å². The van der Waals surface area contributed by atoms with E-state index in [0.29, 0.717) is 47.7 Å². The maximum absolute atomic E-state index is 13.7. The van der Waals surface area contributed by atoms with Crippen LogP contribution in [0.1, 0.15) is 31.0 Å². The second-order valence-corrected chi connectivity index (χ2v) is 9.44. The van der Waals surface area contributed by atoms with Crippen molar-refractivity contribution >= 4 is 46.6 Å². The van der Waals surface area contributed by atoms with Gasteiger partial charge in [-0.15, -0.1) is 0 Å². The van der Waals surface area contributed by atoms with E-state index >= 15 is 0 Å². The van der Waals surface area contributed by atoms with Crippen LogP contribution >= 0.6 is 34.5 Å². The highest BCUT2D eigenvalue weighted by molar-refractivity contribution is 7.07. The summed E-state index contributed by atoms with van der Waals surface area (Å²) in [5.41, 5.74) is 1.74. The van der Waals surface area contributed by atoms with Crippen molar-refractivity contribution in [2.45, 2.75) is 19.9 Å². The van der Waals surface area contributed by atoms with Crippen LogP contribution in [0.25, 0.3) is 6.08 Å². The normalized spacial score (nSPS) is 15.5. The van der Waals surface area contributed by atoms with Gasteiger partial charge in [0.05, 0.1) is 42.7 Å². The first kappa shape index (κ1) is 25.0. The molecule has 35 heavy (non-hydrogen) atoms. The van der Waals surface area contributed by atoms with Gasteiger partial charge in [0, 0.05) is 10.0 Å². The summed E-state index contributed by atoms with van der Waals surface area (Å²) in [5, 5.41) is 0.917. The Morgan fingerprint density at radius 3 is 2.54 bits per heavy atom. The molecule has 0 bridgehead atoms. The van der Waals surface area contributed by atoms with Crippen molar-refractivity contribution in [2.24, 2.45) is 4.99 Å². The number of fused-ring (bicyclic) bond motifs is 1. The number of benzene rings is 2. The van der Waals surface area contributed by atoms with Crippen LogP contribution in [-0.2, 0) is 9.53 Å². The van der Waals surface area contributed by atoms with Gasteiger partial charge in [0.2, 0.25) is 0 Å². The van der Waals surface area contributed by atoms with Crippen molar-refractivity contribution in [3.63, 3.8) is 0 Å². The third-order valence-electron chi connectivity index (χ3n) is 5.49. The molecule has 2 aromatic carbocycles. The molecular formula is C25H22Cl2N2O5S. The number of carbonyl (C=O) groups is 1. The summed E-state index contributed by atoms with van der Waals surface area (Å²) in [6.45, 7) is 3.64. The zero-order valence-electron chi connectivity index (χ0n) is 19.4. The molecule has 10 heteroatoms. The third kappa shape index (κ3) is 4.74. The maximum atomic E-state index is 13.7. The summed E-state index contributed by atoms with van der Waals surface area (Å²) < 4.78 is 18.1. The molecule has 0 saturated carbocycles. The van der Waals surface area contributed by atoms with Crippen LogP contribution in [0.2, 0.25) is 10.0 Å². The van der Waals surface area contributed by atoms with Gasteiger partial charge < -0.3 is 14.2 Å². The molecule has 7 nitrogen and oxygen atoms in total. The lowest BCUT2D eigenvalue weighted by atomic mass is 9.95. The highest BCUT2D eigenvalue weighted by Gasteiger charge is 2.33. The Labute approximate surface area is 215 Å². The maximum Gasteiger partial charge on any atom is 0.338 e. The summed E-state index contributed by atoms with van der Waals surface area (Å²) >= 11 is 13.5. The van der Waals surface area contributed by atoms with E-state index in [2.05, 4.69) is 4.99 Å². The number of halogens is 2. The van der Waals surface area contributed by atoms with E-state index < -0.39 is 12.0 Å². The standard InChI is InChI=1S/C25H22Cl2N2O5S/c1-5-34-24(31)21-13(2)28-25-29(22(21)15-7-9-18(32-3)19(10-15)33-4)23(30)20(35-25)11-14-6-8-16(26)12-17(14)27/h6-12,22H,5H2,1-4H3/b20-11+/t22-/m1/s1. The first-order valence-corrected chi connectivity index (χ1v) is 12.2. The van der Waals surface area contributed by atoms with Crippen molar-refractivity contribution in [2.75, 3.05) is 20.8 Å². The van der Waals surface area contributed by atoms with Crippen LogP contribution in [0.15, 0.2) is 57.5 Å². The number of allylic oxidation sites excluding steroid dienone is 1. The molecule has 4 rings (SSSR count). The zero-order valence-corrected chi connectivity index (χ0v) is 21.8. The second-order valence-electron chi connectivity index (χ2n) is 7.58. The molecule has 1 aliphatic rings. The van der Waals surface area contributed by atoms with E-state index in [-0.39, 0.29) is 17.7 Å². The summed E-state index contributed by atoms with van der Waals surface area (Å²) in [4.78, 5) is 31.7. The van der Waals surface area contributed by atoms with Gasteiger partial charge in [0.1, 0.15) is 0 Å². The van der Waals surface area contributed by atoms with E-state index in [9.17, 15) is 9.59 Å². The Kier molecular flexibility index (Phi) is 7.35. The summed E-state index contributed by atoms with van der Waals surface area (Å²) in [7, 11) is 3.06. The molecule has 0 saturated heterocycles. The van der Waals surface area contributed by atoms with Gasteiger partial charge in [-0.25, -0.2) is 9.79 Å². The molecule has 3 aromatic rings. The molecule has 0 radical (unpaired) electrons. The van der Waals surface area contributed by atoms with Crippen LogP contribution in [0, 0.1) is 0 Å². The fourth-order valence-electron chi connectivity index (χ4n) is 3.89. The van der Waals surface area contributed by atoms with Crippen molar-refractivity contribution in [3.8, 4) is 11.5 Å². The molecule has 1 aromatic heterocycles.